The molecule has 0 spiro atoms. The molecule has 2 atom stereocenters. The Morgan fingerprint density at radius 2 is 2.47 bits per heavy atom. The Morgan fingerprint density at radius 3 is 3.13 bits per heavy atom. The molecule has 0 aromatic carbocycles. The van der Waals surface area contributed by atoms with Crippen LogP contribution in [0.25, 0.3) is 0 Å². The second-order valence-electron chi connectivity index (χ2n) is 4.09. The van der Waals surface area contributed by atoms with Crippen molar-refractivity contribution in [2.45, 2.75) is 32.3 Å². The van der Waals surface area contributed by atoms with E-state index in [4.69, 9.17) is 15.0 Å². The lowest BCUT2D eigenvalue weighted by Gasteiger charge is -2.03. The summed E-state index contributed by atoms with van der Waals surface area (Å²) in [5.41, 5.74) is 5.53. The van der Waals surface area contributed by atoms with Crippen LogP contribution in [0.2, 0.25) is 0 Å². The van der Waals surface area contributed by atoms with Crippen molar-refractivity contribution < 1.29 is 9.26 Å². The average molecular weight is 211 g/mol. The maximum atomic E-state index is 5.53. The fraction of sp³-hybridized carbons (Fsp3) is 0.800. The largest absolute Gasteiger partial charge is 0.370 e. The Balaban J connectivity index is 1.97. The highest BCUT2D eigenvalue weighted by atomic mass is 16.5. The second kappa shape index (κ2) is 4.72. The van der Waals surface area contributed by atoms with Gasteiger partial charge in [0.25, 0.3) is 0 Å². The Hall–Kier alpha value is -0.940. The predicted molar refractivity (Wildman–Crippen MR) is 54.1 cm³/mol. The van der Waals surface area contributed by atoms with Crippen molar-refractivity contribution >= 4 is 0 Å². The first-order valence-corrected chi connectivity index (χ1v) is 5.43. The summed E-state index contributed by atoms with van der Waals surface area (Å²) in [5, 5.41) is 3.93. The summed E-state index contributed by atoms with van der Waals surface area (Å²) in [4.78, 5) is 4.32. The lowest BCUT2D eigenvalue weighted by atomic mass is 10.1. The minimum atomic E-state index is 0.0377. The molecule has 1 saturated heterocycles. The lowest BCUT2D eigenvalue weighted by molar-refractivity contribution is 0.103. The summed E-state index contributed by atoms with van der Waals surface area (Å²) in [7, 11) is 0. The van der Waals surface area contributed by atoms with Crippen molar-refractivity contribution in [1.82, 2.24) is 10.1 Å². The van der Waals surface area contributed by atoms with Crippen LogP contribution in [-0.2, 0) is 11.2 Å². The van der Waals surface area contributed by atoms with Crippen molar-refractivity contribution in [3.05, 3.63) is 11.7 Å². The molecule has 1 fully saturated rings. The van der Waals surface area contributed by atoms with Crippen molar-refractivity contribution in [2.75, 3.05) is 13.2 Å². The number of nitrogens with zero attached hydrogens (tertiary/aromatic N) is 2. The van der Waals surface area contributed by atoms with E-state index in [1.54, 1.807) is 0 Å². The molecular weight excluding hydrogens is 194 g/mol. The Kier molecular flexibility index (Phi) is 3.33. The van der Waals surface area contributed by atoms with Crippen molar-refractivity contribution in [3.63, 3.8) is 0 Å². The van der Waals surface area contributed by atoms with E-state index in [1.807, 2.05) is 0 Å². The molecule has 2 unspecified atom stereocenters. The molecule has 5 nitrogen and oxygen atoms in total. The van der Waals surface area contributed by atoms with Gasteiger partial charge in [0.2, 0.25) is 11.7 Å². The average Bonchev–Trinajstić information content (AvgIpc) is 2.85. The van der Waals surface area contributed by atoms with Crippen LogP contribution >= 0.6 is 0 Å². The number of hydrogen-bond donors (Lipinski definition) is 1. The molecule has 2 N–H and O–H groups in total. The van der Waals surface area contributed by atoms with E-state index in [9.17, 15) is 0 Å². The normalized spacial score (nSPS) is 23.2. The van der Waals surface area contributed by atoms with E-state index in [-0.39, 0.29) is 6.10 Å². The zero-order valence-electron chi connectivity index (χ0n) is 8.98. The summed E-state index contributed by atoms with van der Waals surface area (Å²) >= 11 is 0. The molecule has 0 aliphatic carbocycles. The highest BCUT2D eigenvalue weighted by molar-refractivity contribution is 4.93. The van der Waals surface area contributed by atoms with Crippen LogP contribution in [0.4, 0.5) is 0 Å². The topological polar surface area (TPSA) is 74.2 Å². The van der Waals surface area contributed by atoms with Crippen molar-refractivity contribution in [1.29, 1.82) is 0 Å². The first kappa shape index (κ1) is 10.6. The molecule has 2 rings (SSSR count). The molecule has 1 aromatic rings. The monoisotopic (exact) mass is 211 g/mol. The number of rotatable bonds is 4. The van der Waals surface area contributed by atoms with Gasteiger partial charge in [-0.05, 0) is 25.3 Å². The van der Waals surface area contributed by atoms with E-state index in [0.29, 0.717) is 24.2 Å². The molecule has 0 bridgehead atoms. The number of ether oxygens (including phenoxy) is 1. The first-order chi connectivity index (χ1) is 7.29. The third-order valence-corrected chi connectivity index (χ3v) is 2.63. The highest BCUT2D eigenvalue weighted by Gasteiger charge is 2.23. The molecular formula is C10H17N3O2. The highest BCUT2D eigenvalue weighted by Crippen LogP contribution is 2.26. The van der Waals surface area contributed by atoms with E-state index >= 15 is 0 Å². The van der Waals surface area contributed by atoms with Gasteiger partial charge in [-0.1, -0.05) is 12.1 Å². The van der Waals surface area contributed by atoms with Crippen LogP contribution in [0.3, 0.4) is 0 Å². The van der Waals surface area contributed by atoms with E-state index in [2.05, 4.69) is 17.1 Å². The molecule has 15 heavy (non-hydrogen) atoms. The van der Waals surface area contributed by atoms with Crippen LogP contribution in [0.15, 0.2) is 4.52 Å². The van der Waals surface area contributed by atoms with Gasteiger partial charge in [0.15, 0.2) is 0 Å². The summed E-state index contributed by atoms with van der Waals surface area (Å²) in [6.07, 6.45) is 2.85. The first-order valence-electron chi connectivity index (χ1n) is 5.43. The zero-order valence-corrected chi connectivity index (χ0v) is 8.98. The third kappa shape index (κ3) is 2.54. The van der Waals surface area contributed by atoms with Crippen molar-refractivity contribution in [3.8, 4) is 0 Å². The summed E-state index contributed by atoms with van der Waals surface area (Å²) in [5.74, 6) is 1.73. The molecule has 1 aromatic heterocycles. The van der Waals surface area contributed by atoms with Gasteiger partial charge in [-0.25, -0.2) is 0 Å². The smallest absolute Gasteiger partial charge is 0.227 e. The maximum absolute atomic E-state index is 5.53. The van der Waals surface area contributed by atoms with E-state index in [1.165, 1.54) is 0 Å². The van der Waals surface area contributed by atoms with Gasteiger partial charge in [0.1, 0.15) is 6.10 Å². The van der Waals surface area contributed by atoms with Gasteiger partial charge in [0, 0.05) is 13.0 Å². The zero-order chi connectivity index (χ0) is 10.7. The minimum absolute atomic E-state index is 0.0377. The lowest BCUT2D eigenvalue weighted by Crippen LogP contribution is -2.13. The molecule has 1 aliphatic rings. The Morgan fingerprint density at radius 1 is 1.60 bits per heavy atom. The van der Waals surface area contributed by atoms with Gasteiger partial charge < -0.3 is 15.0 Å². The van der Waals surface area contributed by atoms with Crippen LogP contribution in [0.5, 0.6) is 0 Å². The number of hydrogen-bond acceptors (Lipinski definition) is 5. The van der Waals surface area contributed by atoms with Crippen LogP contribution in [0.1, 0.15) is 37.6 Å². The van der Waals surface area contributed by atoms with Gasteiger partial charge in [-0.15, -0.1) is 0 Å². The quantitative estimate of drug-likeness (QED) is 0.806. The molecule has 0 radical (unpaired) electrons. The fourth-order valence-corrected chi connectivity index (χ4v) is 1.64. The molecule has 1 aliphatic heterocycles. The van der Waals surface area contributed by atoms with E-state index in [0.717, 1.165) is 25.9 Å². The second-order valence-corrected chi connectivity index (χ2v) is 4.09. The van der Waals surface area contributed by atoms with Gasteiger partial charge in [0.05, 0.1) is 0 Å². The van der Waals surface area contributed by atoms with E-state index < -0.39 is 0 Å². The predicted octanol–water partition coefficient (Wildman–Crippen LogP) is 1.06. The Labute approximate surface area is 89.0 Å². The molecule has 2 heterocycles. The minimum Gasteiger partial charge on any atom is -0.370 e. The van der Waals surface area contributed by atoms with Crippen molar-refractivity contribution in [2.24, 2.45) is 11.7 Å². The molecule has 0 amide bonds. The van der Waals surface area contributed by atoms with Crippen LogP contribution < -0.4 is 5.73 Å². The van der Waals surface area contributed by atoms with Gasteiger partial charge in [-0.2, -0.15) is 4.98 Å². The number of nitrogens with two attached hydrogens (primary N) is 1. The summed E-state index contributed by atoms with van der Waals surface area (Å²) in [6, 6.07) is 0. The molecule has 0 saturated carbocycles. The Bertz CT molecular complexity index is 307. The summed E-state index contributed by atoms with van der Waals surface area (Å²) < 4.78 is 10.6. The van der Waals surface area contributed by atoms with Crippen LogP contribution in [0, 0.1) is 5.92 Å². The molecule has 5 heteroatoms. The number of aromatic nitrogens is 2. The molecule has 84 valence electrons. The third-order valence-electron chi connectivity index (χ3n) is 2.63. The van der Waals surface area contributed by atoms with Gasteiger partial charge in [-0.3, -0.25) is 0 Å². The maximum Gasteiger partial charge on any atom is 0.227 e. The standard InChI is InChI=1S/C10H17N3O2/c1-7(6-11)5-9-12-10(13-15-9)8-3-2-4-14-8/h7-8H,2-6,11H2,1H3. The summed E-state index contributed by atoms with van der Waals surface area (Å²) in [6.45, 7) is 3.50. The van der Waals surface area contributed by atoms with Crippen LogP contribution in [-0.4, -0.2) is 23.3 Å². The SMILES string of the molecule is CC(CN)Cc1nc(C2CCCO2)no1. The van der Waals surface area contributed by atoms with Gasteiger partial charge >= 0.3 is 0 Å². The fourth-order valence-electron chi connectivity index (χ4n) is 1.64.